The Bertz CT molecular complexity index is 1430. The monoisotopic (exact) mass is 939 g/mol. The number of carbonyl (C=O) groups is 2. The highest BCUT2D eigenvalue weighted by Crippen LogP contribution is 2.13. The lowest BCUT2D eigenvalue weighted by Crippen LogP contribution is -2.29. The Morgan fingerprint density at radius 3 is 1.13 bits per heavy atom. The molecule has 0 fully saturated rings. The Labute approximate surface area is 419 Å². The molecule has 0 rings (SSSR count). The number of esters is 2. The zero-order valence-corrected chi connectivity index (χ0v) is 44.1. The van der Waals surface area contributed by atoms with Crippen molar-refractivity contribution in [1.82, 2.24) is 0 Å². The van der Waals surface area contributed by atoms with Crippen LogP contribution in [0.4, 0.5) is 0 Å². The molecule has 0 N–H and O–H groups in total. The second-order valence-corrected chi connectivity index (χ2v) is 17.7. The van der Waals surface area contributed by atoms with Crippen LogP contribution in [0.15, 0.2) is 134 Å². The minimum absolute atomic E-state index is 0.0234. The highest BCUT2D eigenvalue weighted by Gasteiger charge is 2.17. The van der Waals surface area contributed by atoms with E-state index in [9.17, 15) is 9.59 Å². The molecule has 0 spiro atoms. The molecule has 384 valence electrons. The zero-order valence-electron chi connectivity index (χ0n) is 44.1. The first-order chi connectivity index (χ1) is 33.6. The quantitative estimate of drug-likeness (QED) is 0.0345. The molecule has 0 aliphatic heterocycles. The zero-order chi connectivity index (χ0) is 49.2. The van der Waals surface area contributed by atoms with Crippen molar-refractivity contribution >= 4 is 11.9 Å². The standard InChI is InChI=1S/C63H102O5/c1-4-7-10-13-16-19-22-25-28-30-31-32-34-37-40-43-46-49-52-55-58-66-59-61(68-63(65)57-54-51-48-45-42-39-35-27-24-21-18-15-12-9-6-3)60-67-62(64)56-53-50-47-44-41-38-36-33-29-26-23-20-17-14-11-8-5-2/h8-9,11-12,16-21,25-29,35-36,38,42,45,51,54,61H,4-7,10,13-15,22-24,30-34,37,39-41,43-44,46-50,52-53,55-60H2,1-3H3/b11-8-,12-9-,19-16-,20-17-,21-18-,28-25-,29-26-,35-27-,38-36-,45-42-,54-51-. The summed E-state index contributed by atoms with van der Waals surface area (Å²) < 4.78 is 17.3. The van der Waals surface area contributed by atoms with Gasteiger partial charge in [-0.15, -0.1) is 0 Å². The topological polar surface area (TPSA) is 61.8 Å². The molecule has 0 aromatic rings. The molecule has 5 nitrogen and oxygen atoms in total. The Morgan fingerprint density at radius 2 is 0.706 bits per heavy atom. The molecular weight excluding hydrogens is 837 g/mol. The van der Waals surface area contributed by atoms with E-state index in [-0.39, 0.29) is 31.6 Å². The van der Waals surface area contributed by atoms with Gasteiger partial charge in [0.05, 0.1) is 13.0 Å². The van der Waals surface area contributed by atoms with Crippen molar-refractivity contribution in [2.24, 2.45) is 0 Å². The molecule has 0 radical (unpaired) electrons. The molecule has 0 aliphatic carbocycles. The molecule has 0 amide bonds. The van der Waals surface area contributed by atoms with E-state index in [2.05, 4.69) is 142 Å². The van der Waals surface area contributed by atoms with Gasteiger partial charge in [0.2, 0.25) is 0 Å². The number of allylic oxidation sites excluding steroid dienone is 21. The van der Waals surface area contributed by atoms with Crippen LogP contribution in [-0.2, 0) is 23.8 Å². The molecule has 1 atom stereocenters. The van der Waals surface area contributed by atoms with Gasteiger partial charge in [0.25, 0.3) is 0 Å². The molecular formula is C63H102O5. The third kappa shape index (κ3) is 54.6. The summed E-state index contributed by atoms with van der Waals surface area (Å²) in [6.07, 6.45) is 82.1. The second-order valence-electron chi connectivity index (χ2n) is 17.7. The first-order valence-corrected chi connectivity index (χ1v) is 27.7. The van der Waals surface area contributed by atoms with Gasteiger partial charge >= 0.3 is 11.9 Å². The second kappa shape index (κ2) is 57.4. The van der Waals surface area contributed by atoms with Gasteiger partial charge < -0.3 is 14.2 Å². The van der Waals surface area contributed by atoms with Crippen LogP contribution in [0, 0.1) is 0 Å². The third-order valence-corrected chi connectivity index (χ3v) is 11.2. The Morgan fingerprint density at radius 1 is 0.353 bits per heavy atom. The summed E-state index contributed by atoms with van der Waals surface area (Å²) in [6.45, 7) is 7.43. The van der Waals surface area contributed by atoms with Gasteiger partial charge in [0.15, 0.2) is 6.10 Å². The van der Waals surface area contributed by atoms with E-state index in [1.165, 1.54) is 83.5 Å². The van der Waals surface area contributed by atoms with Crippen LogP contribution in [-0.4, -0.2) is 37.9 Å². The molecule has 0 saturated heterocycles. The summed E-state index contributed by atoms with van der Waals surface area (Å²) in [4.78, 5) is 25.4. The average Bonchev–Trinajstić information content (AvgIpc) is 3.34. The molecule has 0 aromatic heterocycles. The first kappa shape index (κ1) is 64.0. The number of ether oxygens (including phenoxy) is 3. The predicted octanol–water partition coefficient (Wildman–Crippen LogP) is 19.1. The summed E-state index contributed by atoms with van der Waals surface area (Å²) in [6, 6.07) is 0. The van der Waals surface area contributed by atoms with E-state index in [0.717, 1.165) is 109 Å². The van der Waals surface area contributed by atoms with Gasteiger partial charge in [-0.2, -0.15) is 0 Å². The molecule has 5 heteroatoms. The number of carbonyl (C=O) groups excluding carboxylic acids is 2. The highest BCUT2D eigenvalue weighted by molar-refractivity contribution is 5.71. The van der Waals surface area contributed by atoms with Gasteiger partial charge in [-0.3, -0.25) is 9.59 Å². The summed E-state index contributed by atoms with van der Waals surface area (Å²) >= 11 is 0. The fourth-order valence-corrected chi connectivity index (χ4v) is 7.14. The summed E-state index contributed by atoms with van der Waals surface area (Å²) in [7, 11) is 0. The third-order valence-electron chi connectivity index (χ3n) is 11.2. The highest BCUT2D eigenvalue weighted by atomic mass is 16.6. The van der Waals surface area contributed by atoms with Crippen molar-refractivity contribution in [3.63, 3.8) is 0 Å². The molecule has 68 heavy (non-hydrogen) atoms. The van der Waals surface area contributed by atoms with E-state index in [1.54, 1.807) is 0 Å². The first-order valence-electron chi connectivity index (χ1n) is 27.7. The van der Waals surface area contributed by atoms with E-state index in [0.29, 0.717) is 13.0 Å². The normalized spacial score (nSPS) is 13.3. The van der Waals surface area contributed by atoms with Crippen LogP contribution in [0.1, 0.15) is 226 Å². The summed E-state index contributed by atoms with van der Waals surface area (Å²) in [5.74, 6) is -0.579. The largest absolute Gasteiger partial charge is 0.462 e. The van der Waals surface area contributed by atoms with Crippen molar-refractivity contribution in [2.45, 2.75) is 232 Å². The lowest BCUT2D eigenvalue weighted by molar-refractivity contribution is -0.162. The van der Waals surface area contributed by atoms with Crippen molar-refractivity contribution < 1.29 is 23.8 Å². The lowest BCUT2D eigenvalue weighted by Gasteiger charge is -2.18. The smallest absolute Gasteiger partial charge is 0.310 e. The Kier molecular flexibility index (Phi) is 54.0. The van der Waals surface area contributed by atoms with E-state index < -0.39 is 6.10 Å². The number of unbranched alkanes of at least 4 members (excludes halogenated alkanes) is 17. The molecule has 0 aliphatic rings. The number of rotatable bonds is 49. The van der Waals surface area contributed by atoms with Gasteiger partial charge in [0, 0.05) is 13.0 Å². The molecule has 0 bridgehead atoms. The average molecular weight is 940 g/mol. The fourth-order valence-electron chi connectivity index (χ4n) is 7.14. The Hall–Kier alpha value is -3.96. The van der Waals surface area contributed by atoms with Gasteiger partial charge in [-0.1, -0.05) is 231 Å². The van der Waals surface area contributed by atoms with Crippen LogP contribution in [0.2, 0.25) is 0 Å². The van der Waals surface area contributed by atoms with E-state index >= 15 is 0 Å². The van der Waals surface area contributed by atoms with E-state index in [1.807, 2.05) is 12.2 Å². The van der Waals surface area contributed by atoms with Crippen LogP contribution in [0.3, 0.4) is 0 Å². The van der Waals surface area contributed by atoms with Crippen molar-refractivity contribution in [3.8, 4) is 0 Å². The van der Waals surface area contributed by atoms with Gasteiger partial charge in [0.1, 0.15) is 6.61 Å². The fraction of sp³-hybridized carbons (Fsp3) is 0.619. The molecule has 0 aromatic carbocycles. The van der Waals surface area contributed by atoms with E-state index in [4.69, 9.17) is 14.2 Å². The SMILES string of the molecule is CC/C=C\C/C=C\C/C=C\C/C=C\C/C=C\CC(=O)OC(COCCCCCCCCCCCC/C=C\C/C=C\CCCCC)COC(=O)CCCCCC/C=C\C/C=C\C/C=C\C/C=C\CC. The number of hydrogen-bond donors (Lipinski definition) is 0. The van der Waals surface area contributed by atoms with Crippen LogP contribution in [0.25, 0.3) is 0 Å². The van der Waals surface area contributed by atoms with Crippen molar-refractivity contribution in [3.05, 3.63) is 134 Å². The maximum Gasteiger partial charge on any atom is 0.310 e. The number of hydrogen-bond acceptors (Lipinski definition) is 5. The molecule has 0 saturated carbocycles. The van der Waals surface area contributed by atoms with Crippen molar-refractivity contribution in [1.29, 1.82) is 0 Å². The van der Waals surface area contributed by atoms with Crippen LogP contribution in [0.5, 0.6) is 0 Å². The lowest BCUT2D eigenvalue weighted by atomic mass is 10.1. The van der Waals surface area contributed by atoms with Crippen LogP contribution < -0.4 is 0 Å². The van der Waals surface area contributed by atoms with Crippen LogP contribution >= 0.6 is 0 Å². The summed E-state index contributed by atoms with van der Waals surface area (Å²) in [5.41, 5.74) is 0. The van der Waals surface area contributed by atoms with Crippen molar-refractivity contribution in [2.75, 3.05) is 19.8 Å². The summed E-state index contributed by atoms with van der Waals surface area (Å²) in [5, 5.41) is 0. The molecule has 0 heterocycles. The minimum Gasteiger partial charge on any atom is -0.462 e. The Balaban J connectivity index is 4.43. The predicted molar refractivity (Wildman–Crippen MR) is 297 cm³/mol. The van der Waals surface area contributed by atoms with Gasteiger partial charge in [-0.05, 0) is 116 Å². The molecule has 1 unspecified atom stereocenters. The minimum atomic E-state index is -0.612. The maximum absolute atomic E-state index is 12.8. The van der Waals surface area contributed by atoms with Gasteiger partial charge in [-0.25, -0.2) is 0 Å². The maximum atomic E-state index is 12.8.